The van der Waals surface area contributed by atoms with Crippen LogP contribution >= 0.6 is 0 Å². The molecule has 0 saturated carbocycles. The number of carboxylic acid groups (broad SMARTS) is 2. The molecule has 1 aliphatic rings. The van der Waals surface area contributed by atoms with Crippen LogP contribution < -0.4 is 9.80 Å². The van der Waals surface area contributed by atoms with Crippen molar-refractivity contribution in [2.24, 2.45) is 0 Å². The fourth-order valence-corrected chi connectivity index (χ4v) is 3.16. The van der Waals surface area contributed by atoms with Gasteiger partial charge < -0.3 is 15.1 Å². The van der Waals surface area contributed by atoms with Crippen LogP contribution in [0, 0.1) is 0 Å². The van der Waals surface area contributed by atoms with Crippen LogP contribution in [0.3, 0.4) is 0 Å². The molecule has 0 bridgehead atoms. The molecule has 10 nitrogen and oxygen atoms in total. The number of likely N-dealkylation sites (N-methyl/N-ethyl adjacent to an activating group) is 1. The summed E-state index contributed by atoms with van der Waals surface area (Å²) in [6, 6.07) is 4.42. The lowest BCUT2D eigenvalue weighted by molar-refractivity contribution is -0.129. The lowest BCUT2D eigenvalue weighted by atomic mass is 10.0. The predicted molar refractivity (Wildman–Crippen MR) is 102 cm³/mol. The molecule has 0 saturated heterocycles. The molecule has 1 aliphatic heterocycles. The van der Waals surface area contributed by atoms with Crippen molar-refractivity contribution in [3.8, 4) is 11.1 Å². The second kappa shape index (κ2) is 7.22. The zero-order valence-corrected chi connectivity index (χ0v) is 15.7. The summed E-state index contributed by atoms with van der Waals surface area (Å²) >= 11 is 0. The number of fused-ring (bicyclic) bond motifs is 1. The Morgan fingerprint density at radius 2 is 1.86 bits per heavy atom. The van der Waals surface area contributed by atoms with E-state index < -0.39 is 18.2 Å². The number of aromatic nitrogens is 2. The van der Waals surface area contributed by atoms with Gasteiger partial charge in [0, 0.05) is 25.9 Å². The van der Waals surface area contributed by atoms with Gasteiger partial charge in [-0.15, -0.1) is 0 Å². The number of benzene rings is 1. The number of anilines is 2. The van der Waals surface area contributed by atoms with Crippen LogP contribution in [0.1, 0.15) is 6.92 Å². The molecule has 2 N–H and O–H groups in total. The molecule has 1 aromatic heterocycles. The van der Waals surface area contributed by atoms with Crippen LogP contribution in [0.15, 0.2) is 30.6 Å². The summed E-state index contributed by atoms with van der Waals surface area (Å²) in [6.45, 7) is 1.78. The number of rotatable bonds is 3. The first-order valence-electron chi connectivity index (χ1n) is 8.58. The zero-order chi connectivity index (χ0) is 20.6. The van der Waals surface area contributed by atoms with Gasteiger partial charge in [0.25, 0.3) is 0 Å². The summed E-state index contributed by atoms with van der Waals surface area (Å²) in [5.41, 5.74) is 1.98. The average Bonchev–Trinajstić information content (AvgIpc) is 3.08. The maximum absolute atomic E-state index is 11.8. The van der Waals surface area contributed by atoms with Crippen LogP contribution in [0.2, 0.25) is 0 Å². The molecule has 0 spiro atoms. The largest absolute Gasteiger partial charge is 0.465 e. The number of nitrogens with zero attached hydrogens (tertiary/aromatic N) is 5. The highest BCUT2D eigenvalue weighted by Crippen LogP contribution is 2.38. The van der Waals surface area contributed by atoms with Crippen molar-refractivity contribution in [2.75, 3.05) is 30.4 Å². The molecule has 1 atom stereocenters. The molecule has 2 heterocycles. The monoisotopic (exact) mass is 387 g/mol. The van der Waals surface area contributed by atoms with Crippen LogP contribution in [-0.4, -0.2) is 69.7 Å². The maximum atomic E-state index is 11.8. The lowest BCUT2D eigenvalue weighted by Crippen LogP contribution is -2.51. The molecule has 0 unspecified atom stereocenters. The Labute approximate surface area is 161 Å². The molecule has 0 radical (unpaired) electrons. The van der Waals surface area contributed by atoms with Crippen molar-refractivity contribution in [1.29, 1.82) is 0 Å². The van der Waals surface area contributed by atoms with Crippen molar-refractivity contribution in [3.63, 3.8) is 0 Å². The number of carbonyl (C=O) groups excluding carboxylic acids is 1. The highest BCUT2D eigenvalue weighted by molar-refractivity contribution is 6.00. The molecule has 3 amide bonds. The quantitative estimate of drug-likeness (QED) is 0.831. The minimum atomic E-state index is -1.15. The van der Waals surface area contributed by atoms with Gasteiger partial charge in [0.2, 0.25) is 5.91 Å². The fraction of sp³-hybridized carbons (Fsp3) is 0.333. The van der Waals surface area contributed by atoms with Gasteiger partial charge in [-0.1, -0.05) is 6.07 Å². The van der Waals surface area contributed by atoms with Gasteiger partial charge in [-0.2, -0.15) is 5.10 Å². The molecular weight excluding hydrogens is 366 g/mol. The smallest absolute Gasteiger partial charge is 0.412 e. The summed E-state index contributed by atoms with van der Waals surface area (Å²) in [5.74, 6) is -0.108. The second-order valence-electron chi connectivity index (χ2n) is 6.81. The van der Waals surface area contributed by atoms with Gasteiger partial charge in [0.15, 0.2) is 0 Å². The van der Waals surface area contributed by atoms with E-state index in [-0.39, 0.29) is 19.0 Å². The van der Waals surface area contributed by atoms with E-state index in [9.17, 15) is 24.6 Å². The van der Waals surface area contributed by atoms with Gasteiger partial charge >= 0.3 is 12.2 Å². The first kappa shape index (κ1) is 19.2. The minimum Gasteiger partial charge on any atom is -0.465 e. The Hall–Kier alpha value is -3.56. The summed E-state index contributed by atoms with van der Waals surface area (Å²) in [4.78, 5) is 38.9. The third-order valence-electron chi connectivity index (χ3n) is 4.61. The van der Waals surface area contributed by atoms with Crippen molar-refractivity contribution in [2.45, 2.75) is 19.5 Å². The first-order chi connectivity index (χ1) is 13.2. The molecule has 3 rings (SSSR count). The number of carbonyl (C=O) groups is 3. The van der Waals surface area contributed by atoms with Crippen LogP contribution in [-0.2, 0) is 11.3 Å². The molecule has 28 heavy (non-hydrogen) atoms. The van der Waals surface area contributed by atoms with Crippen LogP contribution in [0.25, 0.3) is 11.1 Å². The summed E-state index contributed by atoms with van der Waals surface area (Å²) in [6.07, 6.45) is 0.981. The lowest BCUT2D eigenvalue weighted by Gasteiger charge is -2.38. The van der Waals surface area contributed by atoms with Gasteiger partial charge in [0.1, 0.15) is 6.54 Å². The molecule has 148 valence electrons. The number of hydrogen-bond donors (Lipinski definition) is 2. The SMILES string of the molecule is C[C@H]1CN(C(=O)O)c2cc(-c3cnn(CC(=O)N(C)C)c3)ccc2N1C(=O)O. The van der Waals surface area contributed by atoms with Gasteiger partial charge in [-0.05, 0) is 24.6 Å². The maximum Gasteiger partial charge on any atom is 0.412 e. The Kier molecular flexibility index (Phi) is 4.95. The molecule has 0 aliphatic carbocycles. The van der Waals surface area contributed by atoms with E-state index in [1.807, 2.05) is 0 Å². The van der Waals surface area contributed by atoms with Crippen molar-refractivity contribution < 1.29 is 24.6 Å². The van der Waals surface area contributed by atoms with Crippen molar-refractivity contribution in [3.05, 3.63) is 30.6 Å². The Balaban J connectivity index is 1.99. The van der Waals surface area contributed by atoms with Gasteiger partial charge in [0.05, 0.1) is 30.2 Å². The van der Waals surface area contributed by atoms with Crippen molar-refractivity contribution >= 4 is 29.5 Å². The second-order valence-corrected chi connectivity index (χ2v) is 6.81. The molecule has 2 aromatic rings. The first-order valence-corrected chi connectivity index (χ1v) is 8.58. The number of amides is 3. The summed E-state index contributed by atoms with van der Waals surface area (Å²) in [7, 11) is 3.32. The van der Waals surface area contributed by atoms with E-state index >= 15 is 0 Å². The topological polar surface area (TPSA) is 119 Å². The third kappa shape index (κ3) is 3.48. The minimum absolute atomic E-state index is 0.0364. The molecule has 0 fully saturated rings. The summed E-state index contributed by atoms with van der Waals surface area (Å²) in [5, 5.41) is 23.2. The van der Waals surface area contributed by atoms with Gasteiger partial charge in [-0.3, -0.25) is 19.3 Å². The van der Waals surface area contributed by atoms with E-state index in [1.54, 1.807) is 51.6 Å². The zero-order valence-electron chi connectivity index (χ0n) is 15.7. The standard InChI is InChI=1S/C18H21N5O5/c1-11-8-22(17(25)26)15-6-12(4-5-14(15)23(11)18(27)28)13-7-19-21(9-13)10-16(24)20(2)3/h4-7,9,11H,8,10H2,1-3H3,(H,25,26)(H,27,28)/t11-/m0/s1. The number of hydrogen-bond acceptors (Lipinski definition) is 4. The summed E-state index contributed by atoms with van der Waals surface area (Å²) < 4.78 is 1.50. The normalized spacial score (nSPS) is 15.9. The van der Waals surface area contributed by atoms with E-state index in [1.165, 1.54) is 9.58 Å². The van der Waals surface area contributed by atoms with E-state index in [0.717, 1.165) is 9.80 Å². The predicted octanol–water partition coefficient (Wildman–Crippen LogP) is 2.01. The Morgan fingerprint density at radius 1 is 1.14 bits per heavy atom. The molecular formula is C18H21N5O5. The van der Waals surface area contributed by atoms with E-state index in [4.69, 9.17) is 0 Å². The Morgan fingerprint density at radius 3 is 2.46 bits per heavy atom. The highest BCUT2D eigenvalue weighted by Gasteiger charge is 2.35. The van der Waals surface area contributed by atoms with E-state index in [0.29, 0.717) is 22.5 Å². The highest BCUT2D eigenvalue weighted by atomic mass is 16.4. The van der Waals surface area contributed by atoms with Crippen molar-refractivity contribution in [1.82, 2.24) is 14.7 Å². The van der Waals surface area contributed by atoms with E-state index in [2.05, 4.69) is 5.10 Å². The third-order valence-corrected chi connectivity index (χ3v) is 4.61. The van der Waals surface area contributed by atoms with Crippen LogP contribution in [0.4, 0.5) is 21.0 Å². The Bertz CT molecular complexity index is 938. The molecule has 1 aromatic carbocycles. The average molecular weight is 387 g/mol. The van der Waals surface area contributed by atoms with Gasteiger partial charge in [-0.25, -0.2) is 9.59 Å². The molecule has 10 heteroatoms. The van der Waals surface area contributed by atoms with Crippen LogP contribution in [0.5, 0.6) is 0 Å². The fourth-order valence-electron chi connectivity index (χ4n) is 3.16.